The van der Waals surface area contributed by atoms with Crippen molar-refractivity contribution in [2.45, 2.75) is 78.3 Å². The number of nitrogens with zero attached hydrogens (tertiary/aromatic N) is 6. The Morgan fingerprint density at radius 1 is 0.483 bits per heavy atom. The number of fused-ring (bicyclic) bond motifs is 4. The summed E-state index contributed by atoms with van der Waals surface area (Å²) in [6.45, 7) is 10.4. The van der Waals surface area contributed by atoms with Crippen molar-refractivity contribution >= 4 is 34.3 Å². The maximum Gasteiger partial charge on any atom is 0.0739 e. The lowest BCUT2D eigenvalue weighted by atomic mass is 9.88. The average molecular weight is 832 g/mol. The van der Waals surface area contributed by atoms with E-state index in [4.69, 9.17) is 33.2 Å². The molecule has 6 nitrogen and oxygen atoms in total. The average Bonchev–Trinajstić information content (AvgIpc) is 3.52. The van der Waals surface area contributed by atoms with Gasteiger partial charge in [0.15, 0.2) is 0 Å². The molecule has 4 aromatic heterocycles. The maximum atomic E-state index is 6.34. The Morgan fingerprint density at radius 2 is 0.900 bits per heavy atom. The van der Waals surface area contributed by atoms with Crippen LogP contribution in [0, 0.1) is 13.8 Å². The minimum atomic E-state index is 0.818. The summed E-state index contributed by atoms with van der Waals surface area (Å²) in [6, 6.07) is 25.8. The van der Waals surface area contributed by atoms with Crippen molar-refractivity contribution in [3.05, 3.63) is 198 Å². The van der Waals surface area contributed by atoms with E-state index in [1.807, 2.05) is 49.3 Å². The van der Waals surface area contributed by atoms with Crippen LogP contribution in [0.25, 0.3) is 11.1 Å². The van der Waals surface area contributed by atoms with E-state index < -0.39 is 0 Å². The van der Waals surface area contributed by atoms with Crippen LogP contribution < -0.4 is 0 Å². The molecule has 60 heavy (non-hydrogen) atoms. The lowest BCUT2D eigenvalue weighted by molar-refractivity contribution is 0.248. The number of hydrogen-bond acceptors (Lipinski definition) is 6. The predicted octanol–water partition coefficient (Wildman–Crippen LogP) is 11.3. The molecular weight excluding hydrogens is 780 g/mol. The third-order valence-corrected chi connectivity index (χ3v) is 13.0. The molecule has 0 amide bonds. The molecule has 0 N–H and O–H groups in total. The fraction of sp³-hybridized carbons (Fsp3) is 0.308. The highest BCUT2D eigenvalue weighted by Gasteiger charge is 2.27. The summed E-state index contributed by atoms with van der Waals surface area (Å²) in [5.74, 6) is 0. The van der Waals surface area contributed by atoms with Gasteiger partial charge in [-0.25, -0.2) is 0 Å². The molecule has 2 fully saturated rings. The van der Waals surface area contributed by atoms with E-state index in [2.05, 4.69) is 94.3 Å². The molecule has 0 unspecified atom stereocenters. The van der Waals surface area contributed by atoms with Gasteiger partial charge in [0.05, 0.1) is 11.4 Å². The number of likely N-dealkylation sites (tertiary alicyclic amines) is 2. The molecule has 304 valence electrons. The fourth-order valence-electron chi connectivity index (χ4n) is 9.65. The van der Waals surface area contributed by atoms with Gasteiger partial charge in [-0.2, -0.15) is 0 Å². The van der Waals surface area contributed by atoms with Gasteiger partial charge in [-0.15, -0.1) is 0 Å². The topological polar surface area (TPSA) is 58.0 Å². The summed E-state index contributed by atoms with van der Waals surface area (Å²) in [5.41, 5.74) is 21.2. The lowest BCUT2D eigenvalue weighted by Crippen LogP contribution is -2.30. The molecule has 2 aliphatic heterocycles. The molecule has 0 radical (unpaired) electrons. The molecule has 6 aromatic rings. The maximum absolute atomic E-state index is 6.34. The van der Waals surface area contributed by atoms with Gasteiger partial charge in [-0.1, -0.05) is 70.7 Å². The van der Waals surface area contributed by atoms with Crippen LogP contribution in [0.4, 0.5) is 0 Å². The minimum Gasteiger partial charge on any atom is -0.298 e. The van der Waals surface area contributed by atoms with E-state index in [-0.39, 0.29) is 0 Å². The van der Waals surface area contributed by atoms with Crippen LogP contribution >= 0.6 is 23.2 Å². The van der Waals surface area contributed by atoms with Crippen molar-refractivity contribution in [2.75, 3.05) is 26.2 Å². The van der Waals surface area contributed by atoms with Crippen LogP contribution in [0.5, 0.6) is 0 Å². The van der Waals surface area contributed by atoms with E-state index in [0.717, 1.165) is 101 Å². The lowest BCUT2D eigenvalue weighted by Gasteiger charge is -2.30. The smallest absolute Gasteiger partial charge is 0.0739 e. The van der Waals surface area contributed by atoms with Gasteiger partial charge in [0.1, 0.15) is 0 Å². The zero-order valence-electron chi connectivity index (χ0n) is 34.7. The molecule has 0 bridgehead atoms. The number of benzene rings is 2. The third kappa shape index (κ3) is 9.18. The first-order valence-corrected chi connectivity index (χ1v) is 22.3. The standard InChI is InChI=1S/2C26H26ClN3/c2*1-18-13-19(16-28-15-18)17-30-11-8-20(9-12-30)25-24-7-6-23(27)14-22(24)5-4-21-3-2-10-29-26(21)25/h2*2-3,6-7,10,13-16H,4-5,8-9,11-12,17H2,1H3. The summed E-state index contributed by atoms with van der Waals surface area (Å²) in [4.78, 5) is 23.5. The number of rotatable bonds is 4. The van der Waals surface area contributed by atoms with E-state index in [1.54, 1.807) is 0 Å². The van der Waals surface area contributed by atoms with Crippen LogP contribution in [0.3, 0.4) is 0 Å². The highest BCUT2D eigenvalue weighted by atomic mass is 35.5. The Balaban J connectivity index is 0.000000154. The van der Waals surface area contributed by atoms with Crippen LogP contribution in [0.2, 0.25) is 10.0 Å². The SMILES string of the molecule is Cc1cncc(CN2CCC(=C3c4ccc(Cl)cc4CCc4cccnc43)CC2)c1.Cc1cncc(CN2CCC(=C3c4ccc(Cl)cc4CCc4cccnc43)CC2)c1. The van der Waals surface area contributed by atoms with Gasteiger partial charge >= 0.3 is 0 Å². The first kappa shape index (κ1) is 40.4. The van der Waals surface area contributed by atoms with Crippen molar-refractivity contribution in [1.29, 1.82) is 0 Å². The quantitative estimate of drug-likeness (QED) is 0.176. The summed E-state index contributed by atoms with van der Waals surface area (Å²) < 4.78 is 0. The number of hydrogen-bond donors (Lipinski definition) is 0. The molecule has 0 spiro atoms. The third-order valence-electron chi connectivity index (χ3n) is 12.6. The van der Waals surface area contributed by atoms with Crippen molar-refractivity contribution in [3.8, 4) is 0 Å². The van der Waals surface area contributed by atoms with Gasteiger partial charge < -0.3 is 0 Å². The van der Waals surface area contributed by atoms with Crippen LogP contribution in [-0.2, 0) is 38.8 Å². The van der Waals surface area contributed by atoms with E-state index in [1.165, 1.54) is 89.3 Å². The number of aromatic nitrogens is 4. The first-order valence-electron chi connectivity index (χ1n) is 21.5. The van der Waals surface area contributed by atoms with Gasteiger partial charge in [0.25, 0.3) is 0 Å². The molecule has 2 aliphatic carbocycles. The molecule has 8 heteroatoms. The predicted molar refractivity (Wildman–Crippen MR) is 245 cm³/mol. The summed E-state index contributed by atoms with van der Waals surface area (Å²) in [7, 11) is 0. The van der Waals surface area contributed by atoms with E-state index in [9.17, 15) is 0 Å². The van der Waals surface area contributed by atoms with Crippen molar-refractivity contribution in [2.24, 2.45) is 0 Å². The Bertz CT molecular complexity index is 2400. The van der Waals surface area contributed by atoms with E-state index in [0.29, 0.717) is 0 Å². The number of pyridine rings is 4. The monoisotopic (exact) mass is 830 g/mol. The molecular formula is C52H52Cl2N6. The summed E-state index contributed by atoms with van der Waals surface area (Å²) in [6.07, 6.45) is 20.0. The van der Waals surface area contributed by atoms with Crippen LogP contribution in [-0.4, -0.2) is 55.9 Å². The number of halogens is 2. The summed E-state index contributed by atoms with van der Waals surface area (Å²) >= 11 is 12.7. The number of piperidine rings is 2. The second-order valence-electron chi connectivity index (χ2n) is 16.9. The zero-order valence-corrected chi connectivity index (χ0v) is 36.2. The van der Waals surface area contributed by atoms with Gasteiger partial charge in [-0.3, -0.25) is 29.7 Å². The Labute approximate surface area is 365 Å². The Hall–Kier alpha value is -4.98. The normalized spacial score (nSPS) is 16.7. The Morgan fingerprint density at radius 3 is 1.32 bits per heavy atom. The molecule has 10 rings (SSSR count). The fourth-order valence-corrected chi connectivity index (χ4v) is 10.0. The molecule has 2 saturated heterocycles. The second kappa shape index (κ2) is 18.3. The van der Waals surface area contributed by atoms with Crippen molar-refractivity contribution in [3.63, 3.8) is 0 Å². The van der Waals surface area contributed by atoms with E-state index >= 15 is 0 Å². The first-order chi connectivity index (χ1) is 29.3. The molecule has 2 aromatic carbocycles. The number of aryl methyl sites for hydroxylation is 6. The van der Waals surface area contributed by atoms with Gasteiger partial charge in [0.2, 0.25) is 0 Å². The molecule has 4 aliphatic rings. The highest BCUT2D eigenvalue weighted by Crippen LogP contribution is 2.40. The molecule has 6 heterocycles. The van der Waals surface area contributed by atoms with Gasteiger partial charge in [0, 0.05) is 97.6 Å². The van der Waals surface area contributed by atoms with Crippen LogP contribution in [0.1, 0.15) is 92.7 Å². The highest BCUT2D eigenvalue weighted by molar-refractivity contribution is 6.31. The second-order valence-corrected chi connectivity index (χ2v) is 17.7. The van der Waals surface area contributed by atoms with Gasteiger partial charge in [-0.05, 0) is 157 Å². The summed E-state index contributed by atoms with van der Waals surface area (Å²) in [5, 5.41) is 1.64. The molecule has 0 atom stereocenters. The zero-order chi connectivity index (χ0) is 41.0. The molecule has 0 saturated carbocycles. The van der Waals surface area contributed by atoms with Crippen molar-refractivity contribution < 1.29 is 0 Å². The van der Waals surface area contributed by atoms with Crippen LogP contribution in [0.15, 0.2) is 121 Å². The minimum absolute atomic E-state index is 0.818. The van der Waals surface area contributed by atoms with Crippen molar-refractivity contribution in [1.82, 2.24) is 29.7 Å². The largest absolute Gasteiger partial charge is 0.298 e. The Kier molecular flexibility index (Phi) is 12.4.